The van der Waals surface area contributed by atoms with Crippen LogP contribution in [0, 0.1) is 11.6 Å². The van der Waals surface area contributed by atoms with E-state index in [9.17, 15) is 13.6 Å². The zero-order valence-corrected chi connectivity index (χ0v) is 13.2. The zero-order chi connectivity index (χ0) is 17.1. The molecule has 0 aliphatic carbocycles. The van der Waals surface area contributed by atoms with Crippen LogP contribution in [0.15, 0.2) is 60.9 Å². The van der Waals surface area contributed by atoms with E-state index in [0.29, 0.717) is 10.6 Å². The third-order valence-corrected chi connectivity index (χ3v) is 3.97. The monoisotopic (exact) mass is 343 g/mol. The Balaban J connectivity index is 1.82. The van der Waals surface area contributed by atoms with Crippen LogP contribution >= 0.6 is 11.6 Å². The number of pyridine rings is 1. The third kappa shape index (κ3) is 3.34. The van der Waals surface area contributed by atoms with E-state index in [1.807, 2.05) is 0 Å². The molecular weight excluding hydrogens is 332 g/mol. The number of rotatable bonds is 4. The van der Waals surface area contributed by atoms with Crippen molar-refractivity contribution in [3.63, 3.8) is 0 Å². The molecule has 2 nitrogen and oxygen atoms in total. The van der Waals surface area contributed by atoms with Gasteiger partial charge in [-0.05, 0) is 29.3 Å². The molecular formula is C19H12ClF2NO. The molecule has 0 unspecified atom stereocenters. The van der Waals surface area contributed by atoms with Gasteiger partial charge in [-0.2, -0.15) is 0 Å². The van der Waals surface area contributed by atoms with Gasteiger partial charge in [-0.15, -0.1) is 0 Å². The number of benzene rings is 2. The molecule has 24 heavy (non-hydrogen) atoms. The minimum Gasteiger partial charge on any atom is -0.294 e. The first-order valence-corrected chi connectivity index (χ1v) is 7.60. The zero-order valence-electron chi connectivity index (χ0n) is 12.5. The van der Waals surface area contributed by atoms with E-state index < -0.39 is 23.0 Å². The maximum atomic E-state index is 13.7. The Morgan fingerprint density at radius 1 is 1.00 bits per heavy atom. The number of hydrogen-bond donors (Lipinski definition) is 0. The molecule has 0 amide bonds. The highest BCUT2D eigenvalue weighted by Gasteiger charge is 2.17. The van der Waals surface area contributed by atoms with Gasteiger partial charge in [0, 0.05) is 24.4 Å². The van der Waals surface area contributed by atoms with Crippen LogP contribution in [-0.2, 0) is 6.42 Å². The van der Waals surface area contributed by atoms with Crippen LogP contribution in [0.3, 0.4) is 0 Å². The van der Waals surface area contributed by atoms with Crippen LogP contribution in [0.25, 0.3) is 11.1 Å². The summed E-state index contributed by atoms with van der Waals surface area (Å²) in [7, 11) is 0. The SMILES string of the molecule is O=C(Cc1ccc(-c2cnccc2Cl)cc1)c1c(F)cccc1F. The maximum Gasteiger partial charge on any atom is 0.173 e. The van der Waals surface area contributed by atoms with Crippen molar-refractivity contribution in [2.24, 2.45) is 0 Å². The number of Topliss-reactive ketones (excluding diaryl/α,β-unsaturated/α-hetero) is 1. The molecule has 0 saturated heterocycles. The molecule has 0 radical (unpaired) electrons. The van der Waals surface area contributed by atoms with Gasteiger partial charge in [0.05, 0.1) is 10.6 Å². The fraction of sp³-hybridized carbons (Fsp3) is 0.0526. The van der Waals surface area contributed by atoms with Gasteiger partial charge in [0.25, 0.3) is 0 Å². The molecule has 3 aromatic rings. The molecule has 2 aromatic carbocycles. The highest BCUT2D eigenvalue weighted by molar-refractivity contribution is 6.33. The van der Waals surface area contributed by atoms with Crippen molar-refractivity contribution in [2.45, 2.75) is 6.42 Å². The van der Waals surface area contributed by atoms with Crippen molar-refractivity contribution >= 4 is 17.4 Å². The Kier molecular flexibility index (Phi) is 4.67. The summed E-state index contributed by atoms with van der Waals surface area (Å²) in [6.07, 6.45) is 3.16. The molecule has 0 N–H and O–H groups in total. The summed E-state index contributed by atoms with van der Waals surface area (Å²) in [5, 5.41) is 0.572. The van der Waals surface area contributed by atoms with Crippen molar-refractivity contribution in [3.05, 3.63) is 88.7 Å². The lowest BCUT2D eigenvalue weighted by atomic mass is 9.99. The molecule has 0 saturated carbocycles. The number of aromatic nitrogens is 1. The van der Waals surface area contributed by atoms with Gasteiger partial charge < -0.3 is 0 Å². The van der Waals surface area contributed by atoms with Crippen molar-refractivity contribution in [3.8, 4) is 11.1 Å². The molecule has 0 atom stereocenters. The van der Waals surface area contributed by atoms with Crippen LogP contribution in [-0.4, -0.2) is 10.8 Å². The normalized spacial score (nSPS) is 10.6. The standard InChI is InChI=1S/C19H12ClF2NO/c20-15-8-9-23-11-14(15)13-6-4-12(5-7-13)10-18(24)19-16(21)2-1-3-17(19)22/h1-9,11H,10H2. The summed E-state index contributed by atoms with van der Waals surface area (Å²) < 4.78 is 27.3. The van der Waals surface area contributed by atoms with E-state index >= 15 is 0 Å². The van der Waals surface area contributed by atoms with Crippen molar-refractivity contribution in [1.29, 1.82) is 0 Å². The van der Waals surface area contributed by atoms with E-state index in [1.165, 1.54) is 6.07 Å². The van der Waals surface area contributed by atoms with E-state index in [1.54, 1.807) is 42.7 Å². The summed E-state index contributed by atoms with van der Waals surface area (Å²) in [6, 6.07) is 12.1. The first-order valence-electron chi connectivity index (χ1n) is 7.22. The number of carbonyl (C=O) groups is 1. The molecule has 1 aromatic heterocycles. The molecule has 3 rings (SSSR count). The summed E-state index contributed by atoms with van der Waals surface area (Å²) in [5.74, 6) is -2.30. The van der Waals surface area contributed by atoms with Crippen LogP contribution in [0.2, 0.25) is 5.02 Å². The predicted molar refractivity (Wildman–Crippen MR) is 89.1 cm³/mol. The molecule has 0 spiro atoms. The Morgan fingerprint density at radius 2 is 1.67 bits per heavy atom. The van der Waals surface area contributed by atoms with E-state index in [-0.39, 0.29) is 6.42 Å². The van der Waals surface area contributed by atoms with E-state index in [0.717, 1.165) is 23.3 Å². The van der Waals surface area contributed by atoms with Gasteiger partial charge in [-0.25, -0.2) is 8.78 Å². The first-order chi connectivity index (χ1) is 11.6. The highest BCUT2D eigenvalue weighted by atomic mass is 35.5. The van der Waals surface area contributed by atoms with Crippen molar-refractivity contribution in [1.82, 2.24) is 4.98 Å². The quantitative estimate of drug-likeness (QED) is 0.616. The lowest BCUT2D eigenvalue weighted by molar-refractivity contribution is 0.0985. The predicted octanol–water partition coefficient (Wildman–Crippen LogP) is 5.11. The molecule has 5 heteroatoms. The fourth-order valence-electron chi connectivity index (χ4n) is 2.43. The second kappa shape index (κ2) is 6.89. The smallest absolute Gasteiger partial charge is 0.173 e. The van der Waals surface area contributed by atoms with E-state index in [2.05, 4.69) is 4.98 Å². The van der Waals surface area contributed by atoms with Gasteiger partial charge in [-0.3, -0.25) is 9.78 Å². The molecule has 120 valence electrons. The molecule has 0 fully saturated rings. The van der Waals surface area contributed by atoms with Crippen LogP contribution < -0.4 is 0 Å². The number of ketones is 1. The summed E-state index contributed by atoms with van der Waals surface area (Å²) in [5.41, 5.74) is 1.78. The van der Waals surface area contributed by atoms with Gasteiger partial charge in [0.1, 0.15) is 11.6 Å². The summed E-state index contributed by atoms with van der Waals surface area (Å²) in [4.78, 5) is 16.2. The second-order valence-corrected chi connectivity index (χ2v) is 5.66. The van der Waals surface area contributed by atoms with Crippen LogP contribution in [0.4, 0.5) is 8.78 Å². The second-order valence-electron chi connectivity index (χ2n) is 5.25. The minimum absolute atomic E-state index is 0.0844. The van der Waals surface area contributed by atoms with Crippen LogP contribution in [0.1, 0.15) is 15.9 Å². The Bertz CT molecular complexity index is 874. The third-order valence-electron chi connectivity index (χ3n) is 3.64. The van der Waals surface area contributed by atoms with E-state index in [4.69, 9.17) is 11.6 Å². The number of carbonyl (C=O) groups excluding carboxylic acids is 1. The van der Waals surface area contributed by atoms with Crippen molar-refractivity contribution in [2.75, 3.05) is 0 Å². The average Bonchev–Trinajstić information content (AvgIpc) is 2.56. The number of nitrogens with zero attached hydrogens (tertiary/aromatic N) is 1. The Hall–Kier alpha value is -2.59. The highest BCUT2D eigenvalue weighted by Crippen LogP contribution is 2.27. The van der Waals surface area contributed by atoms with Crippen LogP contribution in [0.5, 0.6) is 0 Å². The maximum absolute atomic E-state index is 13.7. The molecule has 0 bridgehead atoms. The van der Waals surface area contributed by atoms with Crippen molar-refractivity contribution < 1.29 is 13.6 Å². The van der Waals surface area contributed by atoms with Gasteiger partial charge >= 0.3 is 0 Å². The molecule has 0 aliphatic heterocycles. The largest absolute Gasteiger partial charge is 0.294 e. The summed E-state index contributed by atoms with van der Waals surface area (Å²) in [6.45, 7) is 0. The van der Waals surface area contributed by atoms with Gasteiger partial charge in [0.15, 0.2) is 5.78 Å². The number of halogens is 3. The summed E-state index contributed by atoms with van der Waals surface area (Å²) >= 11 is 6.12. The number of hydrogen-bond acceptors (Lipinski definition) is 2. The Morgan fingerprint density at radius 3 is 2.29 bits per heavy atom. The minimum atomic E-state index is -0.848. The van der Waals surface area contributed by atoms with Gasteiger partial charge in [-0.1, -0.05) is 41.9 Å². The topological polar surface area (TPSA) is 30.0 Å². The average molecular weight is 344 g/mol. The fourth-order valence-corrected chi connectivity index (χ4v) is 2.64. The van der Waals surface area contributed by atoms with Gasteiger partial charge in [0.2, 0.25) is 0 Å². The lowest BCUT2D eigenvalue weighted by Gasteiger charge is -2.07. The molecule has 1 heterocycles. The lowest BCUT2D eigenvalue weighted by Crippen LogP contribution is -2.09. The Labute approximate surface area is 142 Å². The molecule has 0 aliphatic rings. The first kappa shape index (κ1) is 16.3.